The molecule has 1 saturated carbocycles. The highest BCUT2D eigenvalue weighted by Gasteiger charge is 2.40. The number of fused-ring (bicyclic) bond motifs is 1. The molecule has 0 amide bonds. The molecule has 1 N–H and O–H groups in total. The van der Waals surface area contributed by atoms with Crippen LogP contribution in [0.1, 0.15) is 58.3 Å². The van der Waals surface area contributed by atoms with Crippen molar-refractivity contribution in [1.82, 2.24) is 15.1 Å². The second-order valence-electron chi connectivity index (χ2n) is 8.91. The summed E-state index contributed by atoms with van der Waals surface area (Å²) < 4.78 is 5.70. The van der Waals surface area contributed by atoms with Crippen LogP contribution >= 0.6 is 24.0 Å². The molecule has 0 aromatic rings. The summed E-state index contributed by atoms with van der Waals surface area (Å²) in [5.74, 6) is 2.98. The van der Waals surface area contributed by atoms with Gasteiger partial charge in [0, 0.05) is 38.4 Å². The summed E-state index contributed by atoms with van der Waals surface area (Å²) in [7, 11) is 0. The fourth-order valence-corrected chi connectivity index (χ4v) is 5.74. The van der Waals surface area contributed by atoms with E-state index in [1.165, 1.54) is 70.7 Å². The first-order valence-corrected chi connectivity index (χ1v) is 11.2. The van der Waals surface area contributed by atoms with Gasteiger partial charge in [0.1, 0.15) is 0 Å². The summed E-state index contributed by atoms with van der Waals surface area (Å²) in [6, 6.07) is 0. The van der Waals surface area contributed by atoms with Crippen LogP contribution in [-0.4, -0.2) is 73.8 Å². The third-order valence-corrected chi connectivity index (χ3v) is 7.33. The molecule has 3 saturated heterocycles. The molecule has 5 nitrogen and oxygen atoms in total. The molecule has 0 radical (unpaired) electrons. The van der Waals surface area contributed by atoms with Gasteiger partial charge in [0.25, 0.3) is 0 Å². The van der Waals surface area contributed by atoms with E-state index in [-0.39, 0.29) is 29.5 Å². The van der Waals surface area contributed by atoms with Crippen LogP contribution in [0, 0.1) is 11.8 Å². The average molecular weight is 490 g/mol. The van der Waals surface area contributed by atoms with E-state index in [1.807, 2.05) is 0 Å². The molecule has 2 unspecified atom stereocenters. The SMILES string of the molecule is CCNC(=NCC1(N2CCCC2)CCOCC1)N1CC2CCCCC2C1.I. The van der Waals surface area contributed by atoms with Crippen molar-refractivity contribution >= 4 is 29.9 Å². The van der Waals surface area contributed by atoms with Gasteiger partial charge in [0.15, 0.2) is 5.96 Å². The van der Waals surface area contributed by atoms with E-state index in [4.69, 9.17) is 9.73 Å². The quantitative estimate of drug-likeness (QED) is 0.373. The number of guanidine groups is 1. The van der Waals surface area contributed by atoms with Gasteiger partial charge in [0.05, 0.1) is 6.54 Å². The van der Waals surface area contributed by atoms with Crippen LogP contribution in [0.5, 0.6) is 0 Å². The lowest BCUT2D eigenvalue weighted by Crippen LogP contribution is -2.54. The number of halogens is 1. The van der Waals surface area contributed by atoms with Crippen LogP contribution in [0.4, 0.5) is 0 Å². The highest BCUT2D eigenvalue weighted by Crippen LogP contribution is 2.36. The van der Waals surface area contributed by atoms with Gasteiger partial charge in [-0.15, -0.1) is 24.0 Å². The van der Waals surface area contributed by atoms with Crippen molar-refractivity contribution in [3.8, 4) is 0 Å². The Hall–Kier alpha value is -0.0800. The maximum atomic E-state index is 5.70. The molecule has 3 aliphatic heterocycles. The number of rotatable bonds is 4. The summed E-state index contributed by atoms with van der Waals surface area (Å²) in [5.41, 5.74) is 0.238. The molecule has 6 heteroatoms. The third-order valence-electron chi connectivity index (χ3n) is 7.33. The second-order valence-corrected chi connectivity index (χ2v) is 8.91. The maximum absolute atomic E-state index is 5.70. The first-order chi connectivity index (χ1) is 12.8. The van der Waals surface area contributed by atoms with Crippen molar-refractivity contribution in [2.75, 3.05) is 52.5 Å². The molecule has 27 heavy (non-hydrogen) atoms. The van der Waals surface area contributed by atoms with Gasteiger partial charge < -0.3 is 15.0 Å². The topological polar surface area (TPSA) is 40.1 Å². The maximum Gasteiger partial charge on any atom is 0.193 e. The molecular weight excluding hydrogens is 451 g/mol. The van der Waals surface area contributed by atoms with Crippen LogP contribution < -0.4 is 5.32 Å². The molecule has 156 valence electrons. The van der Waals surface area contributed by atoms with Gasteiger partial charge in [-0.05, 0) is 70.4 Å². The molecule has 0 bridgehead atoms. The van der Waals surface area contributed by atoms with E-state index < -0.39 is 0 Å². The van der Waals surface area contributed by atoms with E-state index in [9.17, 15) is 0 Å². The molecule has 0 spiro atoms. The van der Waals surface area contributed by atoms with Crippen molar-refractivity contribution in [3.63, 3.8) is 0 Å². The zero-order valence-corrected chi connectivity index (χ0v) is 19.5. The van der Waals surface area contributed by atoms with Crippen molar-refractivity contribution in [2.24, 2.45) is 16.8 Å². The number of likely N-dealkylation sites (tertiary alicyclic amines) is 2. The van der Waals surface area contributed by atoms with Gasteiger partial charge >= 0.3 is 0 Å². The van der Waals surface area contributed by atoms with E-state index >= 15 is 0 Å². The summed E-state index contributed by atoms with van der Waals surface area (Å²) in [5, 5.41) is 3.61. The lowest BCUT2D eigenvalue weighted by Gasteiger charge is -2.43. The normalized spacial score (nSPS) is 31.4. The van der Waals surface area contributed by atoms with Crippen molar-refractivity contribution in [3.05, 3.63) is 0 Å². The van der Waals surface area contributed by atoms with E-state index in [0.717, 1.165) is 51.0 Å². The monoisotopic (exact) mass is 490 g/mol. The predicted octanol–water partition coefficient (Wildman–Crippen LogP) is 3.34. The van der Waals surface area contributed by atoms with Crippen molar-refractivity contribution < 1.29 is 4.74 Å². The number of hydrogen-bond acceptors (Lipinski definition) is 3. The fraction of sp³-hybridized carbons (Fsp3) is 0.952. The van der Waals surface area contributed by atoms with Gasteiger partial charge in [-0.2, -0.15) is 0 Å². The largest absolute Gasteiger partial charge is 0.381 e. The summed E-state index contributed by atoms with van der Waals surface area (Å²) in [6.45, 7) is 10.8. The van der Waals surface area contributed by atoms with Crippen molar-refractivity contribution in [2.45, 2.75) is 63.8 Å². The molecule has 1 aliphatic carbocycles. The van der Waals surface area contributed by atoms with Gasteiger partial charge in [0.2, 0.25) is 0 Å². The highest BCUT2D eigenvalue weighted by molar-refractivity contribution is 14.0. The lowest BCUT2D eigenvalue weighted by molar-refractivity contribution is -0.0139. The minimum Gasteiger partial charge on any atom is -0.381 e. The molecule has 4 aliphatic rings. The zero-order chi connectivity index (χ0) is 17.8. The number of ether oxygens (including phenoxy) is 1. The molecular formula is C21H39IN4O. The average Bonchev–Trinajstić information content (AvgIpc) is 3.35. The van der Waals surface area contributed by atoms with Gasteiger partial charge in [-0.25, -0.2) is 0 Å². The summed E-state index contributed by atoms with van der Waals surface area (Å²) in [6.07, 6.45) is 10.7. The van der Waals surface area contributed by atoms with Gasteiger partial charge in [-0.1, -0.05) is 12.8 Å². The zero-order valence-electron chi connectivity index (χ0n) is 17.1. The van der Waals surface area contributed by atoms with E-state index in [1.54, 1.807) is 0 Å². The minimum atomic E-state index is 0. The summed E-state index contributed by atoms with van der Waals surface area (Å²) >= 11 is 0. The predicted molar refractivity (Wildman–Crippen MR) is 122 cm³/mol. The Morgan fingerprint density at radius 3 is 2.26 bits per heavy atom. The second kappa shape index (κ2) is 10.1. The Morgan fingerprint density at radius 2 is 1.67 bits per heavy atom. The fourth-order valence-electron chi connectivity index (χ4n) is 5.74. The van der Waals surface area contributed by atoms with Crippen LogP contribution in [0.15, 0.2) is 4.99 Å². The smallest absolute Gasteiger partial charge is 0.193 e. The number of hydrogen-bond donors (Lipinski definition) is 1. The number of nitrogens with one attached hydrogen (secondary N) is 1. The van der Waals surface area contributed by atoms with Crippen LogP contribution in [0.2, 0.25) is 0 Å². The minimum absolute atomic E-state index is 0. The van der Waals surface area contributed by atoms with Crippen LogP contribution in [0.3, 0.4) is 0 Å². The Morgan fingerprint density at radius 1 is 1.04 bits per heavy atom. The number of nitrogens with zero attached hydrogens (tertiary/aromatic N) is 3. The first kappa shape index (κ1) is 21.6. The molecule has 0 aromatic heterocycles. The third kappa shape index (κ3) is 4.92. The Labute approximate surface area is 182 Å². The molecule has 2 atom stereocenters. The van der Waals surface area contributed by atoms with E-state index in [2.05, 4.69) is 22.0 Å². The molecule has 4 rings (SSSR count). The summed E-state index contributed by atoms with van der Waals surface area (Å²) in [4.78, 5) is 10.5. The Balaban J connectivity index is 0.00000210. The van der Waals surface area contributed by atoms with E-state index in [0.29, 0.717) is 0 Å². The first-order valence-electron chi connectivity index (χ1n) is 11.2. The number of aliphatic imine (C=N–C) groups is 1. The highest BCUT2D eigenvalue weighted by atomic mass is 127. The van der Waals surface area contributed by atoms with Crippen LogP contribution in [-0.2, 0) is 4.74 Å². The van der Waals surface area contributed by atoms with Crippen LogP contribution in [0.25, 0.3) is 0 Å². The molecule has 4 fully saturated rings. The molecule has 0 aromatic carbocycles. The Bertz CT molecular complexity index is 475. The molecule has 3 heterocycles. The van der Waals surface area contributed by atoms with Crippen molar-refractivity contribution in [1.29, 1.82) is 0 Å². The Kier molecular flexibility index (Phi) is 8.09. The van der Waals surface area contributed by atoms with Gasteiger partial charge in [-0.3, -0.25) is 9.89 Å². The lowest BCUT2D eigenvalue weighted by atomic mass is 9.82. The standard InChI is InChI=1S/C21H38N4O.HI/c1-2-22-20(24-15-18-7-3-4-8-19(18)16-24)23-17-21(9-13-26-14-10-21)25-11-5-6-12-25;/h18-19H,2-17H2,1H3,(H,22,23);1H.